The molecule has 1 amide bonds. The monoisotopic (exact) mass is 563 g/mol. The van der Waals surface area contributed by atoms with Crippen LogP contribution in [0.2, 0.25) is 0 Å². The zero-order chi connectivity index (χ0) is 28.5. The number of hydrogen-bond donors (Lipinski definition) is 1. The molecule has 8 nitrogen and oxygen atoms in total. The van der Waals surface area contributed by atoms with Crippen molar-refractivity contribution in [3.63, 3.8) is 0 Å². The van der Waals surface area contributed by atoms with Crippen molar-refractivity contribution in [1.29, 1.82) is 0 Å². The predicted octanol–water partition coefficient (Wildman–Crippen LogP) is 6.27. The number of aryl methyl sites for hydroxylation is 2. The van der Waals surface area contributed by atoms with E-state index in [9.17, 15) is 4.79 Å². The number of rotatable bonds is 6. The first-order chi connectivity index (χ1) is 19.8. The van der Waals surface area contributed by atoms with E-state index in [1.807, 2.05) is 30.3 Å². The molecule has 1 aliphatic heterocycles. The molecule has 1 unspecified atom stereocenters. The second-order valence-corrected chi connectivity index (χ2v) is 11.5. The molecule has 0 bridgehead atoms. The summed E-state index contributed by atoms with van der Waals surface area (Å²) in [4.78, 5) is 34.3. The standard InChI is InChI=1S/C32H33N7OS/c1-20-19-41-30-9-8-26(15-28(20)30)29-16-31(37-22(3)36-29)35-21(2)24-6-5-7-25(14-24)27-17-33-32(34-18-27)39-12-10-38(11-13-39)23(4)40/h5-9,14-19,21H,10-13H2,1-4H3,(H,35,36,37). The summed E-state index contributed by atoms with van der Waals surface area (Å²) in [5.74, 6) is 2.34. The van der Waals surface area contributed by atoms with Crippen molar-refractivity contribution in [1.82, 2.24) is 24.8 Å². The molecule has 41 heavy (non-hydrogen) atoms. The molecule has 3 aromatic heterocycles. The first-order valence-corrected chi connectivity index (χ1v) is 14.8. The van der Waals surface area contributed by atoms with Crippen LogP contribution in [0.15, 0.2) is 66.3 Å². The molecule has 0 aliphatic carbocycles. The van der Waals surface area contributed by atoms with E-state index in [1.54, 1.807) is 18.3 Å². The molecular weight excluding hydrogens is 530 g/mol. The number of nitrogens with zero attached hydrogens (tertiary/aromatic N) is 6. The van der Waals surface area contributed by atoms with Crippen molar-refractivity contribution in [2.24, 2.45) is 0 Å². The van der Waals surface area contributed by atoms with Gasteiger partial charge in [0.15, 0.2) is 0 Å². The Balaban J connectivity index is 1.17. The molecule has 4 heterocycles. The van der Waals surface area contributed by atoms with E-state index in [-0.39, 0.29) is 11.9 Å². The highest BCUT2D eigenvalue weighted by molar-refractivity contribution is 7.17. The largest absolute Gasteiger partial charge is 0.363 e. The number of thiophene rings is 1. The van der Waals surface area contributed by atoms with E-state index in [4.69, 9.17) is 4.98 Å². The molecule has 1 fully saturated rings. The van der Waals surface area contributed by atoms with Crippen LogP contribution >= 0.6 is 11.3 Å². The lowest BCUT2D eigenvalue weighted by molar-refractivity contribution is -0.129. The predicted molar refractivity (Wildman–Crippen MR) is 166 cm³/mol. The van der Waals surface area contributed by atoms with Crippen LogP contribution in [-0.2, 0) is 4.79 Å². The summed E-state index contributed by atoms with van der Waals surface area (Å²) in [6.07, 6.45) is 3.76. The fraction of sp³-hybridized carbons (Fsp3) is 0.281. The minimum absolute atomic E-state index is 0.0245. The Hall–Kier alpha value is -4.37. The van der Waals surface area contributed by atoms with Gasteiger partial charge in [-0.3, -0.25) is 4.79 Å². The Labute approximate surface area is 244 Å². The van der Waals surface area contributed by atoms with E-state index in [0.29, 0.717) is 19.0 Å². The fourth-order valence-electron chi connectivity index (χ4n) is 5.25. The van der Waals surface area contributed by atoms with Gasteiger partial charge in [0.05, 0.1) is 5.69 Å². The Morgan fingerprint density at radius 2 is 1.71 bits per heavy atom. The number of amides is 1. The van der Waals surface area contributed by atoms with Crippen LogP contribution in [0.3, 0.4) is 0 Å². The van der Waals surface area contributed by atoms with Crippen molar-refractivity contribution in [2.45, 2.75) is 33.7 Å². The molecule has 5 aromatic rings. The van der Waals surface area contributed by atoms with Crippen LogP contribution in [0.5, 0.6) is 0 Å². The number of benzene rings is 2. The van der Waals surface area contributed by atoms with E-state index >= 15 is 0 Å². The molecule has 1 atom stereocenters. The van der Waals surface area contributed by atoms with Crippen LogP contribution in [0.4, 0.5) is 11.8 Å². The highest BCUT2D eigenvalue weighted by Gasteiger charge is 2.20. The van der Waals surface area contributed by atoms with Gasteiger partial charge in [-0.15, -0.1) is 11.3 Å². The van der Waals surface area contributed by atoms with Gasteiger partial charge < -0.3 is 15.1 Å². The van der Waals surface area contributed by atoms with E-state index in [2.05, 4.69) is 86.9 Å². The molecule has 208 valence electrons. The topological polar surface area (TPSA) is 87.1 Å². The van der Waals surface area contributed by atoms with Gasteiger partial charge in [0.2, 0.25) is 11.9 Å². The Morgan fingerprint density at radius 3 is 2.46 bits per heavy atom. The summed E-state index contributed by atoms with van der Waals surface area (Å²) in [6.45, 7) is 10.7. The van der Waals surface area contributed by atoms with Crippen molar-refractivity contribution in [3.8, 4) is 22.4 Å². The highest BCUT2D eigenvalue weighted by Crippen LogP contribution is 2.31. The van der Waals surface area contributed by atoms with Gasteiger partial charge in [0.1, 0.15) is 11.6 Å². The summed E-state index contributed by atoms with van der Waals surface area (Å²) < 4.78 is 1.29. The van der Waals surface area contributed by atoms with E-state index < -0.39 is 0 Å². The zero-order valence-corrected chi connectivity index (χ0v) is 24.6. The molecule has 1 aliphatic rings. The average molecular weight is 564 g/mol. The number of carbonyl (C=O) groups is 1. The quantitative estimate of drug-likeness (QED) is 0.260. The van der Waals surface area contributed by atoms with Gasteiger partial charge in [-0.25, -0.2) is 19.9 Å². The third-order valence-corrected chi connectivity index (χ3v) is 8.71. The summed E-state index contributed by atoms with van der Waals surface area (Å²) in [5, 5.41) is 7.05. The average Bonchev–Trinajstić information content (AvgIpc) is 3.37. The van der Waals surface area contributed by atoms with Crippen LogP contribution in [0, 0.1) is 13.8 Å². The number of fused-ring (bicyclic) bond motifs is 1. The second kappa shape index (κ2) is 11.2. The number of hydrogen-bond acceptors (Lipinski definition) is 8. The maximum atomic E-state index is 11.6. The third-order valence-electron chi connectivity index (χ3n) is 7.63. The van der Waals surface area contributed by atoms with Crippen LogP contribution in [-0.4, -0.2) is 56.9 Å². The number of nitrogens with one attached hydrogen (secondary N) is 1. The molecule has 1 N–H and O–H groups in total. The van der Waals surface area contributed by atoms with Crippen LogP contribution < -0.4 is 10.2 Å². The Morgan fingerprint density at radius 1 is 0.927 bits per heavy atom. The van der Waals surface area contributed by atoms with Gasteiger partial charge in [-0.05, 0) is 66.4 Å². The van der Waals surface area contributed by atoms with Crippen molar-refractivity contribution in [2.75, 3.05) is 36.4 Å². The highest BCUT2D eigenvalue weighted by atomic mass is 32.1. The van der Waals surface area contributed by atoms with Gasteiger partial charge in [-0.1, -0.05) is 24.3 Å². The minimum atomic E-state index is 0.0245. The van der Waals surface area contributed by atoms with Crippen LogP contribution in [0.1, 0.15) is 36.8 Å². The lowest BCUT2D eigenvalue weighted by atomic mass is 10.0. The second-order valence-electron chi connectivity index (χ2n) is 10.6. The van der Waals surface area contributed by atoms with E-state index in [0.717, 1.165) is 52.7 Å². The first kappa shape index (κ1) is 26.8. The Kier molecular flexibility index (Phi) is 7.36. The summed E-state index contributed by atoms with van der Waals surface area (Å²) in [7, 11) is 0. The number of piperazine rings is 1. The minimum Gasteiger partial charge on any atom is -0.363 e. The first-order valence-electron chi connectivity index (χ1n) is 13.9. The molecule has 0 saturated carbocycles. The van der Waals surface area contributed by atoms with Crippen LogP contribution in [0.25, 0.3) is 32.5 Å². The SMILES string of the molecule is CC(=O)N1CCN(c2ncc(-c3cccc(C(C)Nc4cc(-c5ccc6scc(C)c6c5)nc(C)n4)c3)cn2)CC1. The summed E-state index contributed by atoms with van der Waals surface area (Å²) in [6, 6.07) is 17.0. The number of carbonyl (C=O) groups excluding carboxylic acids is 1. The van der Waals surface area contributed by atoms with E-state index in [1.165, 1.54) is 15.6 Å². The van der Waals surface area contributed by atoms with Gasteiger partial charge in [0, 0.05) is 73.4 Å². The molecular formula is C32H33N7OS. The van der Waals surface area contributed by atoms with Crippen molar-refractivity contribution < 1.29 is 4.79 Å². The van der Waals surface area contributed by atoms with Crippen molar-refractivity contribution >= 4 is 39.1 Å². The number of anilines is 2. The molecule has 0 radical (unpaired) electrons. The van der Waals surface area contributed by atoms with Gasteiger partial charge in [-0.2, -0.15) is 0 Å². The number of aromatic nitrogens is 4. The maximum absolute atomic E-state index is 11.6. The zero-order valence-electron chi connectivity index (χ0n) is 23.8. The molecule has 0 spiro atoms. The van der Waals surface area contributed by atoms with Gasteiger partial charge in [0.25, 0.3) is 0 Å². The summed E-state index contributed by atoms with van der Waals surface area (Å²) in [5.41, 5.74) is 6.45. The molecule has 1 saturated heterocycles. The third kappa shape index (κ3) is 5.76. The van der Waals surface area contributed by atoms with Gasteiger partial charge >= 0.3 is 0 Å². The maximum Gasteiger partial charge on any atom is 0.225 e. The normalized spacial score (nSPS) is 14.3. The Bertz CT molecular complexity index is 1710. The van der Waals surface area contributed by atoms with Crippen molar-refractivity contribution in [3.05, 3.63) is 83.3 Å². The molecule has 9 heteroatoms. The summed E-state index contributed by atoms with van der Waals surface area (Å²) >= 11 is 1.77. The smallest absolute Gasteiger partial charge is 0.225 e. The lowest BCUT2D eigenvalue weighted by Crippen LogP contribution is -2.48. The molecule has 2 aromatic carbocycles. The molecule has 6 rings (SSSR count). The fourth-order valence-corrected chi connectivity index (χ4v) is 6.18. The lowest BCUT2D eigenvalue weighted by Gasteiger charge is -2.34.